The van der Waals surface area contributed by atoms with Crippen molar-refractivity contribution >= 4 is 17.8 Å². The molecule has 0 radical (unpaired) electrons. The van der Waals surface area contributed by atoms with E-state index < -0.39 is 5.97 Å². The Morgan fingerprint density at radius 1 is 1.25 bits per heavy atom. The van der Waals surface area contributed by atoms with E-state index in [9.17, 15) is 14.4 Å². The van der Waals surface area contributed by atoms with Crippen LogP contribution in [0, 0.1) is 5.92 Å². The van der Waals surface area contributed by atoms with Crippen molar-refractivity contribution in [1.82, 2.24) is 10.6 Å². The van der Waals surface area contributed by atoms with Crippen LogP contribution in [-0.2, 0) is 14.4 Å². The van der Waals surface area contributed by atoms with Gasteiger partial charge in [-0.15, -0.1) is 0 Å². The Balaban J connectivity index is 2.18. The number of carbonyl (C=O) groups excluding carboxylic acids is 2. The molecular formula is C14H24N2O4. The molecule has 1 aliphatic carbocycles. The van der Waals surface area contributed by atoms with Crippen LogP contribution >= 0.6 is 0 Å². The number of aliphatic carboxylic acids is 1. The molecule has 0 aliphatic heterocycles. The second-order valence-electron chi connectivity index (χ2n) is 5.29. The summed E-state index contributed by atoms with van der Waals surface area (Å²) in [5.41, 5.74) is 0. The van der Waals surface area contributed by atoms with Gasteiger partial charge in [-0.05, 0) is 19.3 Å². The third-order valence-corrected chi connectivity index (χ3v) is 3.66. The van der Waals surface area contributed by atoms with Crippen LogP contribution in [0.25, 0.3) is 0 Å². The van der Waals surface area contributed by atoms with Crippen LogP contribution in [0.3, 0.4) is 0 Å². The van der Waals surface area contributed by atoms with E-state index in [-0.39, 0.29) is 36.6 Å². The van der Waals surface area contributed by atoms with Gasteiger partial charge in [-0.3, -0.25) is 14.4 Å². The number of hydrogen-bond donors (Lipinski definition) is 3. The summed E-state index contributed by atoms with van der Waals surface area (Å²) in [5.74, 6) is -1.00. The molecule has 1 aliphatic rings. The van der Waals surface area contributed by atoms with Gasteiger partial charge in [0.05, 0.1) is 6.42 Å². The first-order valence-corrected chi connectivity index (χ1v) is 7.31. The van der Waals surface area contributed by atoms with E-state index >= 15 is 0 Å². The van der Waals surface area contributed by atoms with Crippen molar-refractivity contribution in [2.75, 3.05) is 6.54 Å². The van der Waals surface area contributed by atoms with Gasteiger partial charge in [-0.1, -0.05) is 19.8 Å². The number of rotatable bonds is 8. The quantitative estimate of drug-likeness (QED) is 0.621. The van der Waals surface area contributed by atoms with Gasteiger partial charge in [-0.2, -0.15) is 0 Å². The molecule has 6 nitrogen and oxygen atoms in total. The summed E-state index contributed by atoms with van der Waals surface area (Å²) in [6, 6.07) is -0.342. The van der Waals surface area contributed by atoms with Crippen molar-refractivity contribution in [3.63, 3.8) is 0 Å². The van der Waals surface area contributed by atoms with Crippen molar-refractivity contribution in [3.05, 3.63) is 0 Å². The molecule has 0 aromatic heterocycles. The van der Waals surface area contributed by atoms with Crippen LogP contribution < -0.4 is 10.6 Å². The maximum absolute atomic E-state index is 11.7. The molecule has 0 aromatic carbocycles. The SMILES string of the molecule is CCC(CC(=O)O)NC(=O)CCNC(=O)C1CCCC1. The van der Waals surface area contributed by atoms with E-state index in [1.54, 1.807) is 0 Å². The zero-order chi connectivity index (χ0) is 15.0. The van der Waals surface area contributed by atoms with E-state index in [2.05, 4.69) is 10.6 Å². The lowest BCUT2D eigenvalue weighted by Crippen LogP contribution is -2.38. The summed E-state index contributed by atoms with van der Waals surface area (Å²) in [5, 5.41) is 14.1. The Labute approximate surface area is 119 Å². The van der Waals surface area contributed by atoms with Crippen LogP contribution in [0.5, 0.6) is 0 Å². The molecule has 0 aromatic rings. The highest BCUT2D eigenvalue weighted by molar-refractivity contribution is 5.81. The summed E-state index contributed by atoms with van der Waals surface area (Å²) in [6.07, 6.45) is 4.78. The van der Waals surface area contributed by atoms with Crippen molar-refractivity contribution in [3.8, 4) is 0 Å². The van der Waals surface area contributed by atoms with Gasteiger partial charge >= 0.3 is 5.97 Å². The number of hydrogen-bond acceptors (Lipinski definition) is 3. The van der Waals surface area contributed by atoms with E-state index in [1.165, 1.54) is 0 Å². The fraction of sp³-hybridized carbons (Fsp3) is 0.786. The molecule has 0 heterocycles. The van der Waals surface area contributed by atoms with Crippen molar-refractivity contribution < 1.29 is 19.5 Å². The molecule has 20 heavy (non-hydrogen) atoms. The Morgan fingerprint density at radius 3 is 2.45 bits per heavy atom. The zero-order valence-corrected chi connectivity index (χ0v) is 12.0. The van der Waals surface area contributed by atoms with Crippen LogP contribution in [0.4, 0.5) is 0 Å². The van der Waals surface area contributed by atoms with Gasteiger partial charge in [0, 0.05) is 24.9 Å². The second-order valence-corrected chi connectivity index (χ2v) is 5.29. The van der Waals surface area contributed by atoms with Gasteiger partial charge in [0.1, 0.15) is 0 Å². The summed E-state index contributed by atoms with van der Waals surface area (Å²) in [6.45, 7) is 2.14. The summed E-state index contributed by atoms with van der Waals surface area (Å²) in [4.78, 5) is 34.0. The fourth-order valence-electron chi connectivity index (χ4n) is 2.44. The highest BCUT2D eigenvalue weighted by Gasteiger charge is 2.22. The average Bonchev–Trinajstić information content (AvgIpc) is 2.91. The molecule has 1 atom stereocenters. The Bertz CT molecular complexity index is 351. The molecule has 0 spiro atoms. The molecule has 1 rings (SSSR count). The first-order valence-electron chi connectivity index (χ1n) is 7.31. The summed E-state index contributed by atoms with van der Waals surface area (Å²) in [7, 11) is 0. The Kier molecular flexibility index (Phi) is 7.04. The normalized spacial score (nSPS) is 16.6. The van der Waals surface area contributed by atoms with Crippen LogP contribution in [0.15, 0.2) is 0 Å². The van der Waals surface area contributed by atoms with Crippen molar-refractivity contribution in [1.29, 1.82) is 0 Å². The molecular weight excluding hydrogens is 260 g/mol. The minimum Gasteiger partial charge on any atom is -0.481 e. The smallest absolute Gasteiger partial charge is 0.305 e. The topological polar surface area (TPSA) is 95.5 Å². The molecule has 6 heteroatoms. The first kappa shape index (κ1) is 16.5. The van der Waals surface area contributed by atoms with Crippen molar-refractivity contribution in [2.45, 2.75) is 57.9 Å². The average molecular weight is 284 g/mol. The molecule has 0 bridgehead atoms. The lowest BCUT2D eigenvalue weighted by atomic mass is 10.1. The first-order chi connectivity index (χ1) is 9.52. The largest absolute Gasteiger partial charge is 0.481 e. The summed E-state index contributed by atoms with van der Waals surface area (Å²) >= 11 is 0. The zero-order valence-electron chi connectivity index (χ0n) is 12.0. The van der Waals surface area contributed by atoms with Crippen LogP contribution in [-0.4, -0.2) is 35.5 Å². The second kappa shape index (κ2) is 8.55. The fourth-order valence-corrected chi connectivity index (χ4v) is 2.44. The Morgan fingerprint density at radius 2 is 1.90 bits per heavy atom. The maximum atomic E-state index is 11.7. The van der Waals surface area contributed by atoms with Crippen molar-refractivity contribution in [2.24, 2.45) is 5.92 Å². The number of nitrogens with one attached hydrogen (secondary N) is 2. The molecule has 1 saturated carbocycles. The standard InChI is InChI=1S/C14H24N2O4/c1-2-11(9-13(18)19)16-12(17)7-8-15-14(20)10-5-3-4-6-10/h10-11H,2-9H2,1H3,(H,15,20)(H,16,17)(H,18,19). The number of carbonyl (C=O) groups is 3. The number of carboxylic acids is 1. The molecule has 114 valence electrons. The molecule has 1 unspecified atom stereocenters. The lowest BCUT2D eigenvalue weighted by molar-refractivity contribution is -0.137. The Hall–Kier alpha value is -1.59. The van der Waals surface area contributed by atoms with E-state index in [0.717, 1.165) is 25.7 Å². The van der Waals surface area contributed by atoms with Gasteiger partial charge in [-0.25, -0.2) is 0 Å². The summed E-state index contributed by atoms with van der Waals surface area (Å²) < 4.78 is 0. The number of amides is 2. The minimum atomic E-state index is -0.924. The molecule has 0 saturated heterocycles. The lowest BCUT2D eigenvalue weighted by Gasteiger charge is -2.15. The third kappa shape index (κ3) is 6.04. The van der Waals surface area contributed by atoms with Crippen LogP contribution in [0.2, 0.25) is 0 Å². The monoisotopic (exact) mass is 284 g/mol. The van der Waals surface area contributed by atoms with Gasteiger partial charge in [0.25, 0.3) is 0 Å². The molecule has 2 amide bonds. The predicted molar refractivity (Wildman–Crippen MR) is 74.1 cm³/mol. The molecule has 3 N–H and O–H groups in total. The third-order valence-electron chi connectivity index (χ3n) is 3.66. The van der Waals surface area contributed by atoms with Gasteiger partial charge in [0.15, 0.2) is 0 Å². The van der Waals surface area contributed by atoms with Gasteiger partial charge in [0.2, 0.25) is 11.8 Å². The van der Waals surface area contributed by atoms with Crippen LogP contribution in [0.1, 0.15) is 51.9 Å². The van der Waals surface area contributed by atoms with E-state index in [4.69, 9.17) is 5.11 Å². The maximum Gasteiger partial charge on any atom is 0.305 e. The highest BCUT2D eigenvalue weighted by Crippen LogP contribution is 2.24. The highest BCUT2D eigenvalue weighted by atomic mass is 16.4. The minimum absolute atomic E-state index is 0.0351. The molecule has 1 fully saturated rings. The van der Waals surface area contributed by atoms with E-state index in [1.807, 2.05) is 6.92 Å². The number of carboxylic acid groups (broad SMARTS) is 1. The van der Waals surface area contributed by atoms with Gasteiger partial charge < -0.3 is 15.7 Å². The predicted octanol–water partition coefficient (Wildman–Crippen LogP) is 1.05. The van der Waals surface area contributed by atoms with E-state index in [0.29, 0.717) is 13.0 Å².